The second-order valence-corrected chi connectivity index (χ2v) is 10.8. The molecule has 0 bridgehead atoms. The van der Waals surface area contributed by atoms with E-state index in [9.17, 15) is 30.8 Å². The summed E-state index contributed by atoms with van der Waals surface area (Å²) in [5.41, 5.74) is -0.499. The molecular formula is C28H19F4N3O4S. The summed E-state index contributed by atoms with van der Waals surface area (Å²) in [6.45, 7) is 0. The lowest BCUT2D eigenvalue weighted by Gasteiger charge is -2.16. The van der Waals surface area contributed by atoms with Gasteiger partial charge in [0.25, 0.3) is 5.56 Å². The fourth-order valence-corrected chi connectivity index (χ4v) is 5.60. The number of nitrogens with zero attached hydrogens (tertiary/aromatic N) is 3. The van der Waals surface area contributed by atoms with Crippen LogP contribution in [0, 0.1) is 5.82 Å². The van der Waals surface area contributed by atoms with Crippen LogP contribution in [0.5, 0.6) is 5.75 Å². The summed E-state index contributed by atoms with van der Waals surface area (Å²) < 4.78 is 86.4. The van der Waals surface area contributed by atoms with E-state index in [0.29, 0.717) is 17.0 Å². The molecule has 0 saturated carbocycles. The quantitative estimate of drug-likeness (QED) is 0.248. The Morgan fingerprint density at radius 2 is 1.73 bits per heavy atom. The maximum absolute atomic E-state index is 14.0. The minimum Gasteiger partial charge on any atom is -0.495 e. The Balaban J connectivity index is 1.59. The van der Waals surface area contributed by atoms with E-state index in [1.54, 1.807) is 0 Å². The molecular weight excluding hydrogens is 550 g/mol. The molecule has 5 aromatic rings. The van der Waals surface area contributed by atoms with Gasteiger partial charge < -0.3 is 4.74 Å². The molecule has 7 nitrogen and oxygen atoms in total. The third-order valence-corrected chi connectivity index (χ3v) is 7.81. The third-order valence-electron chi connectivity index (χ3n) is 6.16. The van der Waals surface area contributed by atoms with Gasteiger partial charge in [-0.25, -0.2) is 12.8 Å². The molecule has 5 rings (SSSR count). The molecule has 0 fully saturated rings. The summed E-state index contributed by atoms with van der Waals surface area (Å²) >= 11 is 0. The molecule has 2 aromatic heterocycles. The van der Waals surface area contributed by atoms with Crippen molar-refractivity contribution in [1.82, 2.24) is 14.5 Å². The zero-order valence-electron chi connectivity index (χ0n) is 20.7. The van der Waals surface area contributed by atoms with Crippen LogP contribution in [-0.2, 0) is 21.8 Å². The van der Waals surface area contributed by atoms with Crippen LogP contribution in [-0.4, -0.2) is 30.1 Å². The summed E-state index contributed by atoms with van der Waals surface area (Å²) in [6, 6.07) is 13.5. The fourth-order valence-electron chi connectivity index (χ4n) is 4.31. The minimum absolute atomic E-state index is 0.0183. The Morgan fingerprint density at radius 3 is 2.42 bits per heavy atom. The van der Waals surface area contributed by atoms with Gasteiger partial charge in [0.2, 0.25) is 0 Å². The van der Waals surface area contributed by atoms with E-state index in [4.69, 9.17) is 4.74 Å². The van der Waals surface area contributed by atoms with Gasteiger partial charge in [0, 0.05) is 30.0 Å². The molecule has 0 spiro atoms. The normalized spacial score (nSPS) is 12.0. The lowest BCUT2D eigenvalue weighted by atomic mass is 10.0. The van der Waals surface area contributed by atoms with Crippen molar-refractivity contribution in [3.05, 3.63) is 113 Å². The average Bonchev–Trinajstić information content (AvgIpc) is 2.92. The number of pyridine rings is 1. The highest BCUT2D eigenvalue weighted by Crippen LogP contribution is 2.36. The average molecular weight is 570 g/mol. The zero-order valence-corrected chi connectivity index (χ0v) is 21.5. The van der Waals surface area contributed by atoms with Crippen molar-refractivity contribution in [2.45, 2.75) is 16.8 Å². The van der Waals surface area contributed by atoms with Gasteiger partial charge >= 0.3 is 6.18 Å². The van der Waals surface area contributed by atoms with Gasteiger partial charge in [-0.1, -0.05) is 6.07 Å². The SMILES string of the molecule is COc1cc(-c2cc(F)cc(C(F)(F)F)c2)ccc1-n1c(=O)ccc2cc(S(=O)(=O)Cc3cnccn3)ccc21. The largest absolute Gasteiger partial charge is 0.495 e. The summed E-state index contributed by atoms with van der Waals surface area (Å²) in [4.78, 5) is 20.9. The highest BCUT2D eigenvalue weighted by atomic mass is 32.2. The standard InChI is InChI=1S/C28H19F4N3O4S/c1-39-26-13-17(19-10-20(28(30,31)32)14-21(29)11-19)2-5-25(26)35-24-6-4-23(12-18(24)3-7-27(35)36)40(37,38)16-22-15-33-8-9-34-22/h2-15H,16H2,1H3. The molecule has 0 N–H and O–H groups in total. The molecule has 0 radical (unpaired) electrons. The van der Waals surface area contributed by atoms with E-state index >= 15 is 0 Å². The minimum atomic E-state index is -4.74. The molecule has 0 unspecified atom stereocenters. The number of halogens is 4. The second kappa shape index (κ2) is 10.2. The van der Waals surface area contributed by atoms with Crippen molar-refractivity contribution in [3.63, 3.8) is 0 Å². The molecule has 0 aliphatic heterocycles. The van der Waals surface area contributed by atoms with Gasteiger partial charge in [0.15, 0.2) is 9.84 Å². The summed E-state index contributed by atoms with van der Waals surface area (Å²) in [5, 5.41) is 0.436. The first-order valence-electron chi connectivity index (χ1n) is 11.7. The fraction of sp³-hybridized carbons (Fsp3) is 0.107. The predicted octanol–water partition coefficient (Wildman–Crippen LogP) is 5.59. The highest BCUT2D eigenvalue weighted by molar-refractivity contribution is 7.90. The Kier molecular flexibility index (Phi) is 6.88. The predicted molar refractivity (Wildman–Crippen MR) is 139 cm³/mol. The number of fused-ring (bicyclic) bond motifs is 1. The van der Waals surface area contributed by atoms with Gasteiger partial charge in [-0.2, -0.15) is 13.2 Å². The first-order chi connectivity index (χ1) is 19.0. The van der Waals surface area contributed by atoms with Gasteiger partial charge in [0.1, 0.15) is 11.6 Å². The van der Waals surface area contributed by atoms with Crippen molar-refractivity contribution in [3.8, 4) is 22.6 Å². The number of benzene rings is 3. The Labute approximate surface area is 225 Å². The number of methoxy groups -OCH3 is 1. The molecule has 0 atom stereocenters. The molecule has 3 aromatic carbocycles. The van der Waals surface area contributed by atoms with Crippen LogP contribution in [0.3, 0.4) is 0 Å². The number of hydrogen-bond donors (Lipinski definition) is 0. The zero-order chi connectivity index (χ0) is 28.7. The van der Waals surface area contributed by atoms with Gasteiger partial charge in [-0.3, -0.25) is 19.3 Å². The second-order valence-electron chi connectivity index (χ2n) is 8.80. The van der Waals surface area contributed by atoms with E-state index in [-0.39, 0.29) is 38.9 Å². The van der Waals surface area contributed by atoms with E-state index < -0.39 is 33.0 Å². The van der Waals surface area contributed by atoms with Crippen molar-refractivity contribution < 1.29 is 30.7 Å². The maximum atomic E-state index is 14.0. The summed E-state index contributed by atoms with van der Waals surface area (Å²) in [6.07, 6.45) is -0.547. The Morgan fingerprint density at radius 1 is 0.925 bits per heavy atom. The molecule has 0 aliphatic carbocycles. The van der Waals surface area contributed by atoms with Gasteiger partial charge in [0.05, 0.1) is 40.2 Å². The van der Waals surface area contributed by atoms with Crippen LogP contribution in [0.25, 0.3) is 27.7 Å². The molecule has 40 heavy (non-hydrogen) atoms. The first kappa shape index (κ1) is 27.0. The summed E-state index contributed by atoms with van der Waals surface area (Å²) in [5.74, 6) is -1.29. The van der Waals surface area contributed by atoms with Gasteiger partial charge in [-0.05, 0) is 65.7 Å². The Bertz CT molecular complexity index is 1910. The van der Waals surface area contributed by atoms with Crippen molar-refractivity contribution in [2.75, 3.05) is 7.11 Å². The van der Waals surface area contributed by atoms with Crippen LogP contribution in [0.15, 0.2) is 95.0 Å². The number of aromatic nitrogens is 3. The third kappa shape index (κ3) is 5.30. The molecule has 0 saturated heterocycles. The molecule has 0 amide bonds. The lowest BCUT2D eigenvalue weighted by Crippen LogP contribution is -2.18. The van der Waals surface area contributed by atoms with E-state index in [1.807, 2.05) is 0 Å². The van der Waals surface area contributed by atoms with Crippen LogP contribution in [0.1, 0.15) is 11.3 Å². The lowest BCUT2D eigenvalue weighted by molar-refractivity contribution is -0.137. The number of alkyl halides is 3. The summed E-state index contributed by atoms with van der Waals surface area (Å²) in [7, 11) is -2.46. The van der Waals surface area contributed by atoms with Crippen molar-refractivity contribution in [2.24, 2.45) is 0 Å². The molecule has 12 heteroatoms. The van der Waals surface area contributed by atoms with Crippen molar-refractivity contribution >= 4 is 20.7 Å². The van der Waals surface area contributed by atoms with E-state index in [2.05, 4.69) is 9.97 Å². The highest BCUT2D eigenvalue weighted by Gasteiger charge is 2.31. The van der Waals surface area contributed by atoms with E-state index in [1.165, 1.54) is 78.8 Å². The van der Waals surface area contributed by atoms with Crippen molar-refractivity contribution in [1.29, 1.82) is 0 Å². The topological polar surface area (TPSA) is 91.2 Å². The molecule has 0 aliphatic rings. The monoisotopic (exact) mass is 569 g/mol. The van der Waals surface area contributed by atoms with Crippen LogP contribution in [0.4, 0.5) is 17.6 Å². The van der Waals surface area contributed by atoms with Gasteiger partial charge in [-0.15, -0.1) is 0 Å². The number of rotatable bonds is 6. The number of sulfone groups is 1. The van der Waals surface area contributed by atoms with Crippen LogP contribution < -0.4 is 10.3 Å². The van der Waals surface area contributed by atoms with Crippen LogP contribution >= 0.6 is 0 Å². The van der Waals surface area contributed by atoms with E-state index in [0.717, 1.165) is 12.1 Å². The Hall–Kier alpha value is -4.58. The number of ether oxygens (including phenoxy) is 1. The molecule has 204 valence electrons. The maximum Gasteiger partial charge on any atom is 0.416 e. The number of hydrogen-bond acceptors (Lipinski definition) is 6. The molecule has 2 heterocycles. The smallest absolute Gasteiger partial charge is 0.416 e. The first-order valence-corrected chi connectivity index (χ1v) is 13.3. The van der Waals surface area contributed by atoms with Crippen LogP contribution in [0.2, 0.25) is 0 Å².